The zero-order valence-corrected chi connectivity index (χ0v) is 11.7. The number of benzene rings is 1. The Bertz CT molecular complexity index is 452. The van der Waals surface area contributed by atoms with Crippen LogP contribution in [0.15, 0.2) is 23.3 Å². The first-order chi connectivity index (χ1) is 9.17. The molecule has 19 heavy (non-hydrogen) atoms. The van der Waals surface area contributed by atoms with Gasteiger partial charge in [0, 0.05) is 19.2 Å². The molecule has 0 spiro atoms. The average molecular weight is 283 g/mol. The smallest absolute Gasteiger partial charge is 0.187 e. The number of ether oxygens (including phenoxy) is 2. The van der Waals surface area contributed by atoms with Gasteiger partial charge in [0.15, 0.2) is 5.11 Å². The van der Waals surface area contributed by atoms with Gasteiger partial charge >= 0.3 is 0 Å². The quantitative estimate of drug-likeness (QED) is 0.311. The van der Waals surface area contributed by atoms with E-state index in [2.05, 4.69) is 15.8 Å². The van der Waals surface area contributed by atoms with E-state index >= 15 is 0 Å². The van der Waals surface area contributed by atoms with E-state index in [1.54, 1.807) is 26.4 Å². The second-order valence-electron chi connectivity index (χ2n) is 3.54. The summed E-state index contributed by atoms with van der Waals surface area (Å²) < 4.78 is 9.93. The van der Waals surface area contributed by atoms with E-state index in [1.807, 2.05) is 0 Å². The van der Waals surface area contributed by atoms with E-state index in [-0.39, 0.29) is 5.75 Å². The SMILES string of the molecule is COCCNC(=S)N/N=C/c1cc(OC)ccc1O. The summed E-state index contributed by atoms with van der Waals surface area (Å²) in [6.07, 6.45) is 1.46. The third kappa shape index (κ3) is 5.54. The standard InChI is InChI=1S/C12H17N3O3S/c1-17-6-5-13-12(19)15-14-8-9-7-10(18-2)3-4-11(9)16/h3-4,7-8,16H,5-6H2,1-2H3,(H2,13,15,19)/b14-8+. The molecule has 1 aromatic carbocycles. The van der Waals surface area contributed by atoms with Gasteiger partial charge in [0.2, 0.25) is 0 Å². The maximum atomic E-state index is 9.63. The number of methoxy groups -OCH3 is 2. The Hall–Kier alpha value is -1.86. The molecule has 0 saturated heterocycles. The molecule has 0 fully saturated rings. The predicted octanol–water partition coefficient (Wildman–Crippen LogP) is 0.845. The van der Waals surface area contributed by atoms with Gasteiger partial charge in [-0.3, -0.25) is 5.43 Å². The Kier molecular flexibility index (Phi) is 6.62. The van der Waals surface area contributed by atoms with Crippen molar-refractivity contribution < 1.29 is 14.6 Å². The van der Waals surface area contributed by atoms with Crippen LogP contribution in [0.4, 0.5) is 0 Å². The summed E-state index contributed by atoms with van der Waals surface area (Å²) in [6, 6.07) is 4.87. The van der Waals surface area contributed by atoms with Crippen molar-refractivity contribution in [1.82, 2.24) is 10.7 Å². The fourth-order valence-electron chi connectivity index (χ4n) is 1.23. The van der Waals surface area contributed by atoms with Gasteiger partial charge in [-0.05, 0) is 30.4 Å². The number of thiocarbonyl (C=S) groups is 1. The molecule has 0 aliphatic rings. The molecule has 0 saturated carbocycles. The summed E-state index contributed by atoms with van der Waals surface area (Å²) in [7, 11) is 3.17. The molecule has 0 atom stereocenters. The first-order valence-electron chi connectivity index (χ1n) is 5.60. The molecule has 0 amide bonds. The predicted molar refractivity (Wildman–Crippen MR) is 77.9 cm³/mol. The average Bonchev–Trinajstić information content (AvgIpc) is 2.41. The summed E-state index contributed by atoms with van der Waals surface area (Å²) in [5.74, 6) is 0.754. The molecule has 1 rings (SSSR count). The van der Waals surface area contributed by atoms with E-state index in [0.717, 1.165) is 0 Å². The van der Waals surface area contributed by atoms with Crippen LogP contribution in [0.25, 0.3) is 0 Å². The lowest BCUT2D eigenvalue weighted by Gasteiger charge is -2.06. The molecule has 0 heterocycles. The fraction of sp³-hybridized carbons (Fsp3) is 0.333. The van der Waals surface area contributed by atoms with Crippen molar-refractivity contribution in [2.45, 2.75) is 0 Å². The fourth-order valence-corrected chi connectivity index (χ4v) is 1.38. The summed E-state index contributed by atoms with van der Waals surface area (Å²) in [5, 5.41) is 16.8. The van der Waals surface area contributed by atoms with Crippen LogP contribution in [0, 0.1) is 0 Å². The van der Waals surface area contributed by atoms with Crippen LogP contribution in [0.3, 0.4) is 0 Å². The molecule has 0 bridgehead atoms. The highest BCUT2D eigenvalue weighted by Crippen LogP contribution is 2.20. The summed E-state index contributed by atoms with van der Waals surface area (Å²) >= 11 is 4.99. The number of hydrogen-bond acceptors (Lipinski definition) is 5. The number of hydrazone groups is 1. The Morgan fingerprint density at radius 3 is 2.95 bits per heavy atom. The van der Waals surface area contributed by atoms with Crippen LogP contribution in [-0.4, -0.2) is 43.8 Å². The summed E-state index contributed by atoms with van der Waals surface area (Å²) in [5.41, 5.74) is 3.17. The molecule has 0 unspecified atom stereocenters. The normalized spacial score (nSPS) is 10.4. The molecule has 3 N–H and O–H groups in total. The van der Waals surface area contributed by atoms with Gasteiger partial charge < -0.3 is 19.9 Å². The molecule has 0 aliphatic carbocycles. The summed E-state index contributed by atoms with van der Waals surface area (Å²) in [6.45, 7) is 1.16. The molecule has 6 nitrogen and oxygen atoms in total. The first kappa shape index (κ1) is 15.2. The largest absolute Gasteiger partial charge is 0.507 e. The van der Waals surface area contributed by atoms with Crippen LogP contribution in [0.5, 0.6) is 11.5 Å². The number of aromatic hydroxyl groups is 1. The third-order valence-corrected chi connectivity index (χ3v) is 2.43. The van der Waals surface area contributed by atoms with Crippen molar-refractivity contribution >= 4 is 23.5 Å². The van der Waals surface area contributed by atoms with Crippen LogP contribution in [0.1, 0.15) is 5.56 Å². The van der Waals surface area contributed by atoms with E-state index in [1.165, 1.54) is 12.3 Å². The molecule has 7 heteroatoms. The van der Waals surface area contributed by atoms with Crippen LogP contribution in [0.2, 0.25) is 0 Å². The van der Waals surface area contributed by atoms with Gasteiger partial charge in [-0.2, -0.15) is 5.10 Å². The van der Waals surface area contributed by atoms with Crippen molar-refractivity contribution in [3.8, 4) is 11.5 Å². The number of nitrogens with one attached hydrogen (secondary N) is 2. The zero-order chi connectivity index (χ0) is 14.1. The minimum atomic E-state index is 0.115. The number of nitrogens with zero attached hydrogens (tertiary/aromatic N) is 1. The number of phenolic OH excluding ortho intramolecular Hbond substituents is 1. The minimum absolute atomic E-state index is 0.115. The first-order valence-corrected chi connectivity index (χ1v) is 6.01. The Morgan fingerprint density at radius 2 is 2.26 bits per heavy atom. The van der Waals surface area contributed by atoms with Gasteiger partial charge in [-0.25, -0.2) is 0 Å². The number of hydrogen-bond donors (Lipinski definition) is 3. The molecular formula is C12H17N3O3S. The van der Waals surface area contributed by atoms with Gasteiger partial charge in [-0.1, -0.05) is 0 Å². The van der Waals surface area contributed by atoms with Crippen LogP contribution < -0.4 is 15.5 Å². The maximum absolute atomic E-state index is 9.63. The highest BCUT2D eigenvalue weighted by Gasteiger charge is 2.00. The van der Waals surface area contributed by atoms with Crippen molar-refractivity contribution in [1.29, 1.82) is 0 Å². The lowest BCUT2D eigenvalue weighted by molar-refractivity contribution is 0.204. The second-order valence-corrected chi connectivity index (χ2v) is 3.95. The Balaban J connectivity index is 2.50. The third-order valence-electron chi connectivity index (χ3n) is 2.20. The van der Waals surface area contributed by atoms with E-state index in [4.69, 9.17) is 21.7 Å². The molecule has 0 aromatic heterocycles. The van der Waals surface area contributed by atoms with Crippen LogP contribution in [-0.2, 0) is 4.74 Å². The number of rotatable bonds is 6. The van der Waals surface area contributed by atoms with Crippen molar-refractivity contribution in [2.24, 2.45) is 5.10 Å². The molecule has 104 valence electrons. The van der Waals surface area contributed by atoms with E-state index < -0.39 is 0 Å². The zero-order valence-electron chi connectivity index (χ0n) is 10.8. The van der Waals surface area contributed by atoms with Gasteiger partial charge in [-0.15, -0.1) is 0 Å². The topological polar surface area (TPSA) is 75.1 Å². The summed E-state index contributed by atoms with van der Waals surface area (Å²) in [4.78, 5) is 0. The lowest BCUT2D eigenvalue weighted by Crippen LogP contribution is -2.34. The van der Waals surface area contributed by atoms with Crippen molar-refractivity contribution in [2.75, 3.05) is 27.4 Å². The van der Waals surface area contributed by atoms with Gasteiger partial charge in [0.1, 0.15) is 11.5 Å². The highest BCUT2D eigenvalue weighted by atomic mass is 32.1. The van der Waals surface area contributed by atoms with Crippen molar-refractivity contribution in [3.05, 3.63) is 23.8 Å². The molecular weight excluding hydrogens is 266 g/mol. The molecule has 0 radical (unpaired) electrons. The van der Waals surface area contributed by atoms with Gasteiger partial charge in [0.25, 0.3) is 0 Å². The minimum Gasteiger partial charge on any atom is -0.507 e. The number of phenols is 1. The van der Waals surface area contributed by atoms with Crippen molar-refractivity contribution in [3.63, 3.8) is 0 Å². The van der Waals surface area contributed by atoms with E-state index in [0.29, 0.717) is 29.6 Å². The Labute approximate surface area is 117 Å². The Morgan fingerprint density at radius 1 is 1.47 bits per heavy atom. The van der Waals surface area contributed by atoms with Crippen LogP contribution >= 0.6 is 12.2 Å². The lowest BCUT2D eigenvalue weighted by atomic mass is 10.2. The highest BCUT2D eigenvalue weighted by molar-refractivity contribution is 7.80. The monoisotopic (exact) mass is 283 g/mol. The second kappa shape index (κ2) is 8.28. The molecule has 0 aliphatic heterocycles. The maximum Gasteiger partial charge on any atom is 0.187 e. The molecule has 1 aromatic rings. The van der Waals surface area contributed by atoms with Gasteiger partial charge in [0.05, 0.1) is 19.9 Å². The van der Waals surface area contributed by atoms with E-state index in [9.17, 15) is 5.11 Å².